The van der Waals surface area contributed by atoms with Gasteiger partial charge in [-0.1, -0.05) is 68.5 Å². The highest BCUT2D eigenvalue weighted by Crippen LogP contribution is 2.60. The van der Waals surface area contributed by atoms with Gasteiger partial charge in [-0.2, -0.15) is 0 Å². The number of fused-ring (bicyclic) bond motifs is 1. The third-order valence-electron chi connectivity index (χ3n) is 11.1. The van der Waals surface area contributed by atoms with Crippen molar-refractivity contribution in [3.8, 4) is 0 Å². The highest BCUT2D eigenvalue weighted by Gasteiger charge is 2.53. The highest BCUT2D eigenvalue weighted by molar-refractivity contribution is 5.87. The van der Waals surface area contributed by atoms with Crippen molar-refractivity contribution in [1.82, 2.24) is 4.90 Å². The van der Waals surface area contributed by atoms with Crippen LogP contribution in [0.1, 0.15) is 90.5 Å². The lowest BCUT2D eigenvalue weighted by Crippen LogP contribution is -2.41. The summed E-state index contributed by atoms with van der Waals surface area (Å²) in [6, 6.07) is 10.5. The SMILES string of the molecule is C=C1/C(=C\C=C2/CCC[C@]3(C)[C@@H]([C@H](C)C[C@@H]4C[C@](C)(O)C(=O)N4CCCc4ccccc4)CC[C@@H]23)C[C@@H](O)C[C@@H]1O. The van der Waals surface area contributed by atoms with Gasteiger partial charge in [0, 0.05) is 25.4 Å². The fraction of sp³-hybridized carbons (Fsp3) is 0.639. The van der Waals surface area contributed by atoms with Gasteiger partial charge < -0.3 is 20.2 Å². The van der Waals surface area contributed by atoms with E-state index in [1.165, 1.54) is 36.8 Å². The molecule has 1 aromatic carbocycles. The Bertz CT molecular complexity index is 1170. The average Bonchev–Trinajstić information content (AvgIpc) is 3.39. The number of aliphatic hydroxyl groups is 3. The van der Waals surface area contributed by atoms with Crippen LogP contribution in [0.2, 0.25) is 0 Å². The lowest BCUT2D eigenvalue weighted by Gasteiger charge is -2.45. The summed E-state index contributed by atoms with van der Waals surface area (Å²) in [6.07, 6.45) is 13.4. The molecule has 4 fully saturated rings. The molecule has 1 amide bonds. The maximum atomic E-state index is 13.2. The van der Waals surface area contributed by atoms with Crippen molar-refractivity contribution in [3.05, 3.63) is 71.3 Å². The normalized spacial score (nSPS) is 38.6. The lowest BCUT2D eigenvalue weighted by molar-refractivity contribution is -0.142. The number of carbonyl (C=O) groups excluding carboxylic acids is 1. The predicted octanol–water partition coefficient (Wildman–Crippen LogP) is 6.14. The minimum atomic E-state index is -1.27. The number of carbonyl (C=O) groups is 1. The maximum absolute atomic E-state index is 13.2. The standard InChI is InChI=1S/C36H51NO4/c1-24(20-29-23-36(4,41)34(40)37(29)19-9-12-26-10-6-5-7-11-26)31-16-17-32-27(13-8-18-35(31,32)3)14-15-28-21-30(38)22-33(39)25(28)2/h5-7,10-11,14-15,24,29-33,38-39,41H,2,8-9,12-13,16-23H2,1,3-4H3/b27-14+,28-15-/t24-,29-,30-,31-,32+,33+,35-,36+/m1/s1. The van der Waals surface area contributed by atoms with Crippen LogP contribution in [0.25, 0.3) is 0 Å². The zero-order valence-electron chi connectivity index (χ0n) is 25.4. The molecule has 1 saturated heterocycles. The largest absolute Gasteiger partial charge is 0.393 e. The van der Waals surface area contributed by atoms with E-state index in [0.29, 0.717) is 43.6 Å². The smallest absolute Gasteiger partial charge is 0.254 e. The molecule has 3 saturated carbocycles. The van der Waals surface area contributed by atoms with Gasteiger partial charge in [-0.3, -0.25) is 4.79 Å². The summed E-state index contributed by atoms with van der Waals surface area (Å²) in [6.45, 7) is 11.4. The average molecular weight is 562 g/mol. The molecular formula is C36H51NO4. The third kappa shape index (κ3) is 6.28. The molecule has 5 nitrogen and oxygen atoms in total. The van der Waals surface area contributed by atoms with Gasteiger partial charge >= 0.3 is 0 Å². The molecule has 224 valence electrons. The van der Waals surface area contributed by atoms with Crippen LogP contribution < -0.4 is 0 Å². The minimum absolute atomic E-state index is 0.0874. The van der Waals surface area contributed by atoms with Crippen LogP contribution in [0.5, 0.6) is 0 Å². The van der Waals surface area contributed by atoms with E-state index < -0.39 is 17.8 Å². The summed E-state index contributed by atoms with van der Waals surface area (Å²) < 4.78 is 0. The summed E-state index contributed by atoms with van der Waals surface area (Å²) >= 11 is 0. The van der Waals surface area contributed by atoms with Crippen LogP contribution >= 0.6 is 0 Å². The zero-order valence-corrected chi connectivity index (χ0v) is 25.4. The van der Waals surface area contributed by atoms with E-state index in [1.54, 1.807) is 6.92 Å². The molecule has 5 rings (SSSR count). The summed E-state index contributed by atoms with van der Waals surface area (Å²) in [5.41, 5.74) is 3.48. The number of likely N-dealkylation sites (tertiary alicyclic amines) is 1. The molecule has 41 heavy (non-hydrogen) atoms. The van der Waals surface area contributed by atoms with Crippen molar-refractivity contribution in [1.29, 1.82) is 0 Å². The Kier molecular flexibility index (Phi) is 8.99. The monoisotopic (exact) mass is 561 g/mol. The molecule has 0 unspecified atom stereocenters. The molecule has 8 atom stereocenters. The molecular weight excluding hydrogens is 510 g/mol. The summed E-state index contributed by atoms with van der Waals surface area (Å²) in [5.74, 6) is 1.50. The number of benzene rings is 1. The highest BCUT2D eigenvalue weighted by atomic mass is 16.3. The quantitative estimate of drug-likeness (QED) is 0.356. The molecule has 1 aromatic rings. The molecule has 5 heteroatoms. The number of hydrogen-bond acceptors (Lipinski definition) is 4. The van der Waals surface area contributed by atoms with Crippen molar-refractivity contribution in [3.63, 3.8) is 0 Å². The maximum Gasteiger partial charge on any atom is 0.254 e. The first kappa shape index (κ1) is 30.3. The number of amides is 1. The van der Waals surface area contributed by atoms with Gasteiger partial charge in [0.05, 0.1) is 12.2 Å². The van der Waals surface area contributed by atoms with Crippen LogP contribution in [0.3, 0.4) is 0 Å². The molecule has 3 N–H and O–H groups in total. The number of aliphatic hydroxyl groups excluding tert-OH is 2. The van der Waals surface area contributed by atoms with Crippen LogP contribution in [-0.2, 0) is 11.2 Å². The van der Waals surface area contributed by atoms with Gasteiger partial charge in [-0.25, -0.2) is 0 Å². The second kappa shape index (κ2) is 12.2. The van der Waals surface area contributed by atoms with E-state index in [1.807, 2.05) is 11.0 Å². The second-order valence-electron chi connectivity index (χ2n) is 14.1. The Balaban J connectivity index is 1.26. The number of rotatable bonds is 8. The topological polar surface area (TPSA) is 81.0 Å². The fourth-order valence-electron chi connectivity index (χ4n) is 9.00. The summed E-state index contributed by atoms with van der Waals surface area (Å²) in [5, 5.41) is 31.4. The van der Waals surface area contributed by atoms with Gasteiger partial charge in [0.1, 0.15) is 5.60 Å². The molecule has 0 aromatic heterocycles. The van der Waals surface area contributed by atoms with Gasteiger partial charge in [0.2, 0.25) is 0 Å². The van der Waals surface area contributed by atoms with E-state index in [2.05, 4.69) is 56.8 Å². The van der Waals surface area contributed by atoms with E-state index >= 15 is 0 Å². The van der Waals surface area contributed by atoms with Crippen molar-refractivity contribution < 1.29 is 20.1 Å². The van der Waals surface area contributed by atoms with Gasteiger partial charge in [0.25, 0.3) is 5.91 Å². The molecule has 3 aliphatic carbocycles. The number of hydrogen-bond donors (Lipinski definition) is 3. The minimum Gasteiger partial charge on any atom is -0.393 e. The van der Waals surface area contributed by atoms with Crippen molar-refractivity contribution in [2.75, 3.05) is 6.54 Å². The van der Waals surface area contributed by atoms with Gasteiger partial charge in [0.15, 0.2) is 0 Å². The summed E-state index contributed by atoms with van der Waals surface area (Å²) in [7, 11) is 0. The molecule has 1 aliphatic heterocycles. The van der Waals surface area contributed by atoms with Crippen molar-refractivity contribution in [2.45, 2.75) is 115 Å². The van der Waals surface area contributed by atoms with Crippen LogP contribution in [0.4, 0.5) is 0 Å². The van der Waals surface area contributed by atoms with E-state index in [9.17, 15) is 20.1 Å². The number of allylic oxidation sites excluding steroid dienone is 3. The number of nitrogens with zero attached hydrogens (tertiary/aromatic N) is 1. The molecule has 1 heterocycles. The Hall–Kier alpha value is -2.21. The van der Waals surface area contributed by atoms with E-state index in [4.69, 9.17) is 0 Å². The third-order valence-corrected chi connectivity index (χ3v) is 11.1. The van der Waals surface area contributed by atoms with E-state index in [0.717, 1.165) is 36.8 Å². The van der Waals surface area contributed by atoms with Crippen LogP contribution in [-0.4, -0.2) is 56.5 Å². The first-order chi connectivity index (χ1) is 19.5. The Morgan fingerprint density at radius 3 is 2.66 bits per heavy atom. The van der Waals surface area contributed by atoms with Crippen molar-refractivity contribution in [2.24, 2.45) is 23.2 Å². The van der Waals surface area contributed by atoms with Gasteiger partial charge in [-0.15, -0.1) is 0 Å². The lowest BCUT2D eigenvalue weighted by atomic mass is 9.60. The molecule has 4 aliphatic rings. The molecule has 0 radical (unpaired) electrons. The number of aryl methyl sites for hydroxylation is 1. The first-order valence-corrected chi connectivity index (χ1v) is 16.0. The first-order valence-electron chi connectivity index (χ1n) is 16.0. The van der Waals surface area contributed by atoms with Crippen LogP contribution in [0, 0.1) is 23.2 Å². The molecule has 0 spiro atoms. The second-order valence-corrected chi connectivity index (χ2v) is 14.1. The fourth-order valence-corrected chi connectivity index (χ4v) is 9.00. The molecule has 0 bridgehead atoms. The zero-order chi connectivity index (χ0) is 29.4. The summed E-state index contributed by atoms with van der Waals surface area (Å²) in [4.78, 5) is 15.2. The van der Waals surface area contributed by atoms with Gasteiger partial charge in [-0.05, 0) is 105 Å². The van der Waals surface area contributed by atoms with E-state index in [-0.39, 0.29) is 17.4 Å². The Labute approximate surface area is 247 Å². The van der Waals surface area contributed by atoms with Crippen molar-refractivity contribution >= 4 is 5.91 Å². The Morgan fingerprint density at radius 2 is 1.90 bits per heavy atom. The Morgan fingerprint density at radius 1 is 1.15 bits per heavy atom. The van der Waals surface area contributed by atoms with Crippen LogP contribution in [0.15, 0.2) is 65.8 Å². The predicted molar refractivity (Wildman–Crippen MR) is 164 cm³/mol.